The first kappa shape index (κ1) is 10.9. The van der Waals surface area contributed by atoms with Gasteiger partial charge in [-0.2, -0.15) is 12.7 Å². The zero-order valence-corrected chi connectivity index (χ0v) is 9.05. The van der Waals surface area contributed by atoms with Gasteiger partial charge in [-0.1, -0.05) is 12.8 Å². The molecule has 1 aliphatic carbocycles. The molecule has 1 rings (SSSR count). The van der Waals surface area contributed by atoms with Crippen molar-refractivity contribution in [1.82, 2.24) is 4.31 Å². The summed E-state index contributed by atoms with van der Waals surface area (Å²) in [6, 6.07) is -0.0336. The van der Waals surface area contributed by atoms with Gasteiger partial charge in [-0.3, -0.25) is 0 Å². The predicted molar refractivity (Wildman–Crippen MR) is 52.3 cm³/mol. The molecule has 2 N–H and O–H groups in total. The van der Waals surface area contributed by atoms with Gasteiger partial charge in [0, 0.05) is 12.6 Å². The quantitative estimate of drug-likeness (QED) is 0.719. The van der Waals surface area contributed by atoms with Crippen LogP contribution in [-0.4, -0.2) is 25.3 Å². The first-order valence-electron chi connectivity index (χ1n) is 4.71. The maximum absolute atomic E-state index is 11.1. The lowest BCUT2D eigenvalue weighted by atomic mass is 10.3. The van der Waals surface area contributed by atoms with Crippen molar-refractivity contribution in [2.24, 2.45) is 11.1 Å². The third-order valence-electron chi connectivity index (χ3n) is 2.36. The van der Waals surface area contributed by atoms with Gasteiger partial charge in [0.25, 0.3) is 10.2 Å². The Balaban J connectivity index is 2.46. The van der Waals surface area contributed by atoms with Gasteiger partial charge in [-0.25, -0.2) is 5.14 Å². The van der Waals surface area contributed by atoms with E-state index in [9.17, 15) is 8.42 Å². The van der Waals surface area contributed by atoms with Gasteiger partial charge in [0.1, 0.15) is 0 Å². The maximum Gasteiger partial charge on any atom is 0.277 e. The SMILES string of the molecule is CC(C)N(CCC1CC1)S(N)(=O)=O. The fraction of sp³-hybridized carbons (Fsp3) is 1.00. The molecule has 1 aliphatic rings. The first-order chi connectivity index (χ1) is 5.91. The summed E-state index contributed by atoms with van der Waals surface area (Å²) in [5.41, 5.74) is 0. The van der Waals surface area contributed by atoms with E-state index in [-0.39, 0.29) is 6.04 Å². The van der Waals surface area contributed by atoms with Crippen LogP contribution in [-0.2, 0) is 10.2 Å². The molecule has 0 heterocycles. The minimum absolute atomic E-state index is 0.0336. The summed E-state index contributed by atoms with van der Waals surface area (Å²) in [5.74, 6) is 0.739. The van der Waals surface area contributed by atoms with Crippen molar-refractivity contribution in [1.29, 1.82) is 0 Å². The third-order valence-corrected chi connectivity index (χ3v) is 3.62. The van der Waals surface area contributed by atoms with E-state index in [1.807, 2.05) is 13.8 Å². The zero-order chi connectivity index (χ0) is 10.1. The van der Waals surface area contributed by atoms with Crippen LogP contribution in [0, 0.1) is 5.92 Å². The number of rotatable bonds is 5. The number of nitrogens with two attached hydrogens (primary N) is 1. The second-order valence-corrected chi connectivity index (χ2v) is 5.48. The van der Waals surface area contributed by atoms with E-state index in [1.165, 1.54) is 17.1 Å². The Morgan fingerprint density at radius 3 is 2.31 bits per heavy atom. The van der Waals surface area contributed by atoms with E-state index in [0.717, 1.165) is 12.3 Å². The predicted octanol–water partition coefficient (Wildman–Crippen LogP) is 0.700. The van der Waals surface area contributed by atoms with E-state index < -0.39 is 10.2 Å². The van der Waals surface area contributed by atoms with Crippen molar-refractivity contribution in [3.8, 4) is 0 Å². The number of hydrogen-bond acceptors (Lipinski definition) is 2. The molecule has 0 atom stereocenters. The minimum Gasteiger partial charge on any atom is -0.216 e. The first-order valence-corrected chi connectivity index (χ1v) is 6.21. The Labute approximate surface area is 80.3 Å². The minimum atomic E-state index is -3.50. The van der Waals surface area contributed by atoms with Crippen molar-refractivity contribution in [3.05, 3.63) is 0 Å². The molecule has 0 spiro atoms. The molecule has 0 unspecified atom stereocenters. The van der Waals surface area contributed by atoms with Crippen LogP contribution in [0.15, 0.2) is 0 Å². The number of hydrogen-bond donors (Lipinski definition) is 1. The molecule has 0 aliphatic heterocycles. The van der Waals surface area contributed by atoms with Crippen molar-refractivity contribution >= 4 is 10.2 Å². The largest absolute Gasteiger partial charge is 0.277 e. The second kappa shape index (κ2) is 3.94. The maximum atomic E-state index is 11.1. The van der Waals surface area contributed by atoms with E-state index in [2.05, 4.69) is 0 Å². The standard InChI is InChI=1S/C8H18N2O2S/c1-7(2)10(13(9,11)12)6-5-8-3-4-8/h7-8H,3-6H2,1-2H3,(H2,9,11,12). The summed E-state index contributed by atoms with van der Waals surface area (Å²) in [6.45, 7) is 4.26. The Morgan fingerprint density at radius 1 is 1.46 bits per heavy atom. The van der Waals surface area contributed by atoms with Crippen molar-refractivity contribution in [2.75, 3.05) is 6.54 Å². The van der Waals surface area contributed by atoms with E-state index >= 15 is 0 Å². The highest BCUT2D eigenvalue weighted by molar-refractivity contribution is 7.86. The fourth-order valence-electron chi connectivity index (χ4n) is 1.40. The molecule has 0 saturated heterocycles. The van der Waals surface area contributed by atoms with Crippen LogP contribution in [0.3, 0.4) is 0 Å². The summed E-state index contributed by atoms with van der Waals surface area (Å²) in [6.07, 6.45) is 3.45. The van der Waals surface area contributed by atoms with Crippen LogP contribution in [0.4, 0.5) is 0 Å². The lowest BCUT2D eigenvalue weighted by Crippen LogP contribution is -2.42. The number of nitrogens with zero attached hydrogens (tertiary/aromatic N) is 1. The summed E-state index contributed by atoms with van der Waals surface area (Å²) < 4.78 is 23.6. The molecule has 1 saturated carbocycles. The molecule has 0 radical (unpaired) electrons. The van der Waals surface area contributed by atoms with Crippen molar-refractivity contribution < 1.29 is 8.42 Å². The Hall–Kier alpha value is -0.130. The summed E-state index contributed by atoms with van der Waals surface area (Å²) in [4.78, 5) is 0. The van der Waals surface area contributed by atoms with Crippen LogP contribution in [0.25, 0.3) is 0 Å². The van der Waals surface area contributed by atoms with Crippen molar-refractivity contribution in [2.45, 2.75) is 39.2 Å². The Morgan fingerprint density at radius 2 is 2.00 bits per heavy atom. The molecule has 5 heteroatoms. The van der Waals surface area contributed by atoms with Crippen LogP contribution >= 0.6 is 0 Å². The third kappa shape index (κ3) is 3.62. The molecule has 0 aromatic rings. The molecule has 13 heavy (non-hydrogen) atoms. The summed E-state index contributed by atoms with van der Waals surface area (Å²) in [5, 5.41) is 5.09. The second-order valence-electron chi connectivity index (χ2n) is 3.98. The molecule has 78 valence electrons. The van der Waals surface area contributed by atoms with E-state index in [4.69, 9.17) is 5.14 Å². The molecular weight excluding hydrogens is 188 g/mol. The van der Waals surface area contributed by atoms with E-state index in [0.29, 0.717) is 6.54 Å². The molecule has 0 aromatic heterocycles. The zero-order valence-electron chi connectivity index (χ0n) is 8.23. The lowest BCUT2D eigenvalue weighted by molar-refractivity contribution is 0.343. The highest BCUT2D eigenvalue weighted by Gasteiger charge is 2.26. The van der Waals surface area contributed by atoms with Gasteiger partial charge in [-0.15, -0.1) is 0 Å². The average Bonchev–Trinajstić information content (AvgIpc) is 2.66. The van der Waals surface area contributed by atoms with Gasteiger partial charge in [0.2, 0.25) is 0 Å². The molecule has 0 bridgehead atoms. The summed E-state index contributed by atoms with van der Waals surface area (Å²) >= 11 is 0. The van der Waals surface area contributed by atoms with Crippen LogP contribution in [0.1, 0.15) is 33.1 Å². The summed E-state index contributed by atoms with van der Waals surface area (Å²) in [7, 11) is -3.50. The van der Waals surface area contributed by atoms with E-state index in [1.54, 1.807) is 0 Å². The smallest absolute Gasteiger partial charge is 0.216 e. The molecule has 1 fully saturated rings. The molecule has 4 nitrogen and oxygen atoms in total. The normalized spacial score (nSPS) is 18.5. The van der Waals surface area contributed by atoms with Crippen LogP contribution in [0.2, 0.25) is 0 Å². The molecular formula is C8H18N2O2S. The average molecular weight is 206 g/mol. The van der Waals surface area contributed by atoms with Crippen molar-refractivity contribution in [3.63, 3.8) is 0 Å². The van der Waals surface area contributed by atoms with Gasteiger partial charge in [-0.05, 0) is 26.2 Å². The van der Waals surface area contributed by atoms with Crippen LogP contribution < -0.4 is 5.14 Å². The Bertz CT molecular complexity index is 257. The van der Waals surface area contributed by atoms with Gasteiger partial charge in [0.05, 0.1) is 0 Å². The molecule has 0 amide bonds. The van der Waals surface area contributed by atoms with Gasteiger partial charge in [0.15, 0.2) is 0 Å². The monoisotopic (exact) mass is 206 g/mol. The van der Waals surface area contributed by atoms with Gasteiger partial charge >= 0.3 is 0 Å². The van der Waals surface area contributed by atoms with Crippen LogP contribution in [0.5, 0.6) is 0 Å². The highest BCUT2D eigenvalue weighted by atomic mass is 32.2. The Kier molecular flexibility index (Phi) is 3.32. The van der Waals surface area contributed by atoms with Gasteiger partial charge < -0.3 is 0 Å². The topological polar surface area (TPSA) is 63.4 Å². The fourth-order valence-corrected chi connectivity index (χ4v) is 2.34. The highest BCUT2D eigenvalue weighted by Crippen LogP contribution is 2.32. The molecule has 0 aromatic carbocycles. The lowest BCUT2D eigenvalue weighted by Gasteiger charge is -2.23.